The fraction of sp³-hybridized carbons (Fsp3) is 0.733. The maximum absolute atomic E-state index is 4.41. The highest BCUT2D eigenvalue weighted by Gasteiger charge is 2.29. The first-order valence-electron chi connectivity index (χ1n) is 8.05. The third-order valence-electron chi connectivity index (χ3n) is 4.31. The van der Waals surface area contributed by atoms with Crippen LogP contribution in [0.2, 0.25) is 0 Å². The normalized spacial score (nSPS) is 19.1. The fourth-order valence-corrected chi connectivity index (χ4v) is 2.94. The minimum atomic E-state index is 0.248. The second-order valence-corrected chi connectivity index (χ2v) is 6.65. The minimum Gasteiger partial charge on any atom is -0.312 e. The summed E-state index contributed by atoms with van der Waals surface area (Å²) in [5.74, 6) is 2.56. The average Bonchev–Trinajstić information content (AvgIpc) is 3.08. The van der Waals surface area contributed by atoms with E-state index >= 15 is 0 Å². The molecule has 0 saturated carbocycles. The molecule has 3 rings (SSSR count). The highest BCUT2D eigenvalue weighted by Crippen LogP contribution is 2.27. The topological polar surface area (TPSA) is 64.7 Å². The van der Waals surface area contributed by atoms with Crippen molar-refractivity contribution in [2.75, 3.05) is 6.54 Å². The third-order valence-corrected chi connectivity index (χ3v) is 4.31. The lowest BCUT2D eigenvalue weighted by Gasteiger charge is -2.33. The molecular weight excluding hydrogens is 278 g/mol. The van der Waals surface area contributed by atoms with Crippen molar-refractivity contribution < 1.29 is 0 Å². The zero-order valence-corrected chi connectivity index (χ0v) is 14.1. The molecule has 0 radical (unpaired) electrons. The number of hydrogen-bond donors (Lipinski definition) is 0. The number of aromatic nitrogens is 6. The summed E-state index contributed by atoms with van der Waals surface area (Å²) in [6.45, 7) is 13.5. The maximum atomic E-state index is 4.41. The van der Waals surface area contributed by atoms with Crippen molar-refractivity contribution in [1.82, 2.24) is 34.7 Å². The van der Waals surface area contributed by atoms with Crippen molar-refractivity contribution in [3.05, 3.63) is 23.5 Å². The number of rotatable bonds is 4. The summed E-state index contributed by atoms with van der Waals surface area (Å²) in [6.07, 6.45) is 2.04. The van der Waals surface area contributed by atoms with Crippen molar-refractivity contribution in [3.8, 4) is 0 Å². The van der Waals surface area contributed by atoms with Gasteiger partial charge in [-0.2, -0.15) is 0 Å². The zero-order valence-electron chi connectivity index (χ0n) is 14.1. The smallest absolute Gasteiger partial charge is 0.150 e. The molecule has 0 aliphatic carbocycles. The van der Waals surface area contributed by atoms with Crippen LogP contribution < -0.4 is 0 Å². The van der Waals surface area contributed by atoms with Crippen LogP contribution in [-0.2, 0) is 13.1 Å². The van der Waals surface area contributed by atoms with E-state index in [0.717, 1.165) is 37.0 Å². The molecule has 0 fully saturated rings. The van der Waals surface area contributed by atoms with Crippen LogP contribution in [0.1, 0.15) is 70.0 Å². The van der Waals surface area contributed by atoms with E-state index in [2.05, 4.69) is 64.6 Å². The molecule has 1 aliphatic heterocycles. The summed E-state index contributed by atoms with van der Waals surface area (Å²) in [7, 11) is 0. The van der Waals surface area contributed by atoms with Crippen LogP contribution in [0.5, 0.6) is 0 Å². The Bertz CT molecular complexity index is 640. The summed E-state index contributed by atoms with van der Waals surface area (Å²) < 4.78 is 4.18. The Kier molecular flexibility index (Phi) is 3.99. The number of fused-ring (bicyclic) bond motifs is 1. The van der Waals surface area contributed by atoms with E-state index in [-0.39, 0.29) is 6.04 Å². The lowest BCUT2D eigenvalue weighted by Crippen LogP contribution is -2.37. The van der Waals surface area contributed by atoms with Gasteiger partial charge in [-0.25, -0.2) is 4.68 Å². The molecule has 0 bridgehead atoms. The highest BCUT2D eigenvalue weighted by atomic mass is 15.4. The average molecular weight is 303 g/mol. The van der Waals surface area contributed by atoms with Crippen LogP contribution in [0.15, 0.2) is 6.20 Å². The molecule has 120 valence electrons. The second-order valence-electron chi connectivity index (χ2n) is 6.65. The first-order chi connectivity index (χ1) is 10.5. The molecule has 7 heteroatoms. The SMILES string of the molecule is CC(C)c1nnc2n1CCN(Cc1cn(C(C)C)nn1)C2C. The van der Waals surface area contributed by atoms with Gasteiger partial charge in [0.1, 0.15) is 11.6 Å². The van der Waals surface area contributed by atoms with Crippen LogP contribution in [0, 0.1) is 0 Å². The van der Waals surface area contributed by atoms with E-state index in [0.29, 0.717) is 12.0 Å². The lowest BCUT2D eigenvalue weighted by atomic mass is 10.1. The van der Waals surface area contributed by atoms with Gasteiger partial charge in [0, 0.05) is 31.6 Å². The van der Waals surface area contributed by atoms with Gasteiger partial charge >= 0.3 is 0 Å². The Hall–Kier alpha value is -1.76. The Morgan fingerprint density at radius 1 is 1.14 bits per heavy atom. The molecule has 1 atom stereocenters. The summed E-state index contributed by atoms with van der Waals surface area (Å²) in [6, 6.07) is 0.592. The highest BCUT2D eigenvalue weighted by molar-refractivity contribution is 5.07. The molecule has 0 aromatic carbocycles. The van der Waals surface area contributed by atoms with Gasteiger partial charge in [0.05, 0.1) is 17.9 Å². The molecule has 7 nitrogen and oxygen atoms in total. The molecule has 0 saturated heterocycles. The maximum Gasteiger partial charge on any atom is 0.150 e. The van der Waals surface area contributed by atoms with E-state index < -0.39 is 0 Å². The van der Waals surface area contributed by atoms with Crippen molar-refractivity contribution in [3.63, 3.8) is 0 Å². The van der Waals surface area contributed by atoms with Gasteiger partial charge in [-0.3, -0.25) is 4.90 Å². The van der Waals surface area contributed by atoms with Crippen LogP contribution in [0.4, 0.5) is 0 Å². The Morgan fingerprint density at radius 3 is 2.55 bits per heavy atom. The predicted molar refractivity (Wildman–Crippen MR) is 83.3 cm³/mol. The van der Waals surface area contributed by atoms with Crippen LogP contribution in [-0.4, -0.2) is 41.2 Å². The lowest BCUT2D eigenvalue weighted by molar-refractivity contribution is 0.153. The summed E-state index contributed by atoms with van der Waals surface area (Å²) in [5, 5.41) is 17.3. The molecule has 0 N–H and O–H groups in total. The van der Waals surface area contributed by atoms with E-state index in [1.807, 2.05) is 10.9 Å². The summed E-state index contributed by atoms with van der Waals surface area (Å²) in [5.41, 5.74) is 1.01. The quantitative estimate of drug-likeness (QED) is 0.866. The number of nitrogens with zero attached hydrogens (tertiary/aromatic N) is 7. The van der Waals surface area contributed by atoms with Crippen LogP contribution in [0.3, 0.4) is 0 Å². The van der Waals surface area contributed by atoms with Gasteiger partial charge in [-0.05, 0) is 20.8 Å². The van der Waals surface area contributed by atoms with Crippen molar-refractivity contribution in [2.45, 2.75) is 65.7 Å². The van der Waals surface area contributed by atoms with Crippen molar-refractivity contribution >= 4 is 0 Å². The van der Waals surface area contributed by atoms with Gasteiger partial charge in [0.2, 0.25) is 0 Å². The van der Waals surface area contributed by atoms with Crippen molar-refractivity contribution in [2.24, 2.45) is 0 Å². The molecule has 22 heavy (non-hydrogen) atoms. The van der Waals surface area contributed by atoms with E-state index in [1.165, 1.54) is 0 Å². The summed E-state index contributed by atoms with van der Waals surface area (Å²) >= 11 is 0. The van der Waals surface area contributed by atoms with E-state index in [9.17, 15) is 0 Å². The first kappa shape index (κ1) is 15.1. The van der Waals surface area contributed by atoms with Crippen LogP contribution in [0.25, 0.3) is 0 Å². The van der Waals surface area contributed by atoms with Gasteiger partial charge in [0.15, 0.2) is 0 Å². The molecule has 0 amide bonds. The molecule has 2 aromatic heterocycles. The largest absolute Gasteiger partial charge is 0.312 e. The van der Waals surface area contributed by atoms with Gasteiger partial charge in [0.25, 0.3) is 0 Å². The van der Waals surface area contributed by atoms with Crippen LogP contribution >= 0.6 is 0 Å². The van der Waals surface area contributed by atoms with Gasteiger partial charge in [-0.1, -0.05) is 19.1 Å². The summed E-state index contributed by atoms with van der Waals surface area (Å²) in [4.78, 5) is 2.39. The zero-order chi connectivity index (χ0) is 15.9. The van der Waals surface area contributed by atoms with Gasteiger partial charge in [-0.15, -0.1) is 15.3 Å². The second kappa shape index (κ2) is 5.79. The monoisotopic (exact) mass is 303 g/mol. The molecule has 1 unspecified atom stereocenters. The number of hydrogen-bond acceptors (Lipinski definition) is 5. The Morgan fingerprint density at radius 2 is 1.91 bits per heavy atom. The minimum absolute atomic E-state index is 0.248. The van der Waals surface area contributed by atoms with Gasteiger partial charge < -0.3 is 4.57 Å². The molecule has 0 spiro atoms. The van der Waals surface area contributed by atoms with E-state index in [4.69, 9.17) is 0 Å². The Labute approximate surface area is 131 Å². The van der Waals surface area contributed by atoms with Crippen molar-refractivity contribution in [1.29, 1.82) is 0 Å². The fourth-order valence-electron chi connectivity index (χ4n) is 2.94. The molecule has 1 aliphatic rings. The third kappa shape index (κ3) is 2.65. The molecule has 3 heterocycles. The standard InChI is InChI=1S/C15H25N7/c1-10(2)14-17-18-15-12(5)20(6-7-21(14)15)8-13-9-22(11(3)4)19-16-13/h9-12H,6-8H2,1-5H3. The Balaban J connectivity index is 1.76. The predicted octanol–water partition coefficient (Wildman–Crippen LogP) is 2.15. The molecule has 2 aromatic rings. The first-order valence-corrected chi connectivity index (χ1v) is 8.05. The molecular formula is C15H25N7. The van der Waals surface area contributed by atoms with E-state index in [1.54, 1.807) is 0 Å².